The maximum atomic E-state index is 12.2. The first-order valence-corrected chi connectivity index (χ1v) is 7.92. The van der Waals surface area contributed by atoms with E-state index in [1.807, 2.05) is 31.2 Å². The highest BCUT2D eigenvalue weighted by Gasteiger charge is 2.25. The third kappa shape index (κ3) is 3.76. The van der Waals surface area contributed by atoms with Crippen molar-refractivity contribution >= 4 is 11.8 Å². The lowest BCUT2D eigenvalue weighted by molar-refractivity contribution is -0.134. The molecule has 1 aromatic carbocycles. The van der Waals surface area contributed by atoms with Crippen molar-refractivity contribution in [1.29, 1.82) is 0 Å². The number of hydrogen-bond donors (Lipinski definition) is 0. The van der Waals surface area contributed by atoms with Crippen molar-refractivity contribution in [3.05, 3.63) is 54.0 Å². The van der Waals surface area contributed by atoms with Crippen molar-refractivity contribution in [2.75, 3.05) is 32.8 Å². The van der Waals surface area contributed by atoms with Crippen LogP contribution in [0.4, 0.5) is 0 Å². The van der Waals surface area contributed by atoms with Crippen LogP contribution in [-0.2, 0) is 4.79 Å². The molecule has 0 atom stereocenters. The van der Waals surface area contributed by atoms with Gasteiger partial charge >= 0.3 is 0 Å². The highest BCUT2D eigenvalue weighted by molar-refractivity contribution is 5.94. The molecule has 0 unspecified atom stereocenters. The topological polar surface area (TPSA) is 63.0 Å². The van der Waals surface area contributed by atoms with Gasteiger partial charge in [-0.1, -0.05) is 17.7 Å². The minimum atomic E-state index is -0.0639. The van der Waals surface area contributed by atoms with Crippen LogP contribution < -0.4 is 4.74 Å². The van der Waals surface area contributed by atoms with Gasteiger partial charge in [0.15, 0.2) is 6.61 Å². The smallest absolute Gasteiger partial charge is 0.260 e. The third-order valence-electron chi connectivity index (χ3n) is 4.07. The number of piperazine rings is 1. The average molecular weight is 328 g/mol. The van der Waals surface area contributed by atoms with Gasteiger partial charge in [0.25, 0.3) is 11.8 Å². The molecule has 0 saturated carbocycles. The van der Waals surface area contributed by atoms with Crippen molar-refractivity contribution in [3.63, 3.8) is 0 Å². The third-order valence-corrected chi connectivity index (χ3v) is 4.07. The lowest BCUT2D eigenvalue weighted by atomic mass is 10.2. The SMILES string of the molecule is Cc1ccc(OCC(=O)N2CCN(C(=O)c3ccoc3)CC2)cc1. The van der Waals surface area contributed by atoms with Crippen LogP contribution in [0.5, 0.6) is 5.75 Å². The quantitative estimate of drug-likeness (QED) is 0.860. The monoisotopic (exact) mass is 328 g/mol. The Morgan fingerprint density at radius 2 is 1.71 bits per heavy atom. The molecule has 2 heterocycles. The summed E-state index contributed by atoms with van der Waals surface area (Å²) < 4.78 is 10.5. The number of benzene rings is 1. The number of carbonyl (C=O) groups excluding carboxylic acids is 2. The Hall–Kier alpha value is -2.76. The number of hydrogen-bond acceptors (Lipinski definition) is 4. The lowest BCUT2D eigenvalue weighted by Gasteiger charge is -2.34. The van der Waals surface area contributed by atoms with Gasteiger partial charge in [-0.15, -0.1) is 0 Å². The van der Waals surface area contributed by atoms with Crippen LogP contribution in [0.3, 0.4) is 0 Å². The molecule has 1 aliphatic heterocycles. The molecule has 0 bridgehead atoms. The Labute approximate surface area is 140 Å². The zero-order valence-corrected chi connectivity index (χ0v) is 13.6. The first-order valence-electron chi connectivity index (χ1n) is 7.92. The zero-order valence-electron chi connectivity index (χ0n) is 13.6. The number of furan rings is 1. The molecule has 6 heteroatoms. The molecule has 1 fully saturated rings. The molecule has 3 rings (SSSR count). The Morgan fingerprint density at radius 3 is 2.33 bits per heavy atom. The van der Waals surface area contributed by atoms with Crippen molar-refractivity contribution in [2.24, 2.45) is 0 Å². The van der Waals surface area contributed by atoms with Gasteiger partial charge in [0, 0.05) is 26.2 Å². The van der Waals surface area contributed by atoms with E-state index in [1.54, 1.807) is 15.9 Å². The normalized spacial score (nSPS) is 14.5. The Balaban J connectivity index is 1.46. The first kappa shape index (κ1) is 16.1. The highest BCUT2D eigenvalue weighted by atomic mass is 16.5. The van der Waals surface area contributed by atoms with Crippen LogP contribution in [0.1, 0.15) is 15.9 Å². The fourth-order valence-electron chi connectivity index (χ4n) is 2.60. The highest BCUT2D eigenvalue weighted by Crippen LogP contribution is 2.13. The summed E-state index contributed by atoms with van der Waals surface area (Å²) in [5, 5.41) is 0. The molecular formula is C18H20N2O4. The molecule has 0 spiro atoms. The van der Waals surface area contributed by atoms with Crippen molar-refractivity contribution in [3.8, 4) is 5.75 Å². The number of rotatable bonds is 4. The van der Waals surface area contributed by atoms with Crippen LogP contribution >= 0.6 is 0 Å². The summed E-state index contributed by atoms with van der Waals surface area (Å²) in [6.45, 7) is 4.07. The van der Waals surface area contributed by atoms with E-state index >= 15 is 0 Å². The number of amides is 2. The summed E-state index contributed by atoms with van der Waals surface area (Å²) >= 11 is 0. The molecule has 126 valence electrons. The van der Waals surface area contributed by atoms with Crippen molar-refractivity contribution in [2.45, 2.75) is 6.92 Å². The molecule has 2 aromatic rings. The fourth-order valence-corrected chi connectivity index (χ4v) is 2.60. The van der Waals surface area contributed by atoms with Crippen LogP contribution in [0.2, 0.25) is 0 Å². The molecule has 1 aliphatic rings. The first-order chi connectivity index (χ1) is 11.6. The van der Waals surface area contributed by atoms with Gasteiger partial charge in [-0.3, -0.25) is 9.59 Å². The standard InChI is InChI=1S/C18H20N2O4/c1-14-2-4-16(5-3-14)24-13-17(21)19-7-9-20(10-8-19)18(22)15-6-11-23-12-15/h2-6,11-12H,7-10,13H2,1H3. The van der Waals surface area contributed by atoms with Crippen LogP contribution in [0, 0.1) is 6.92 Å². The predicted molar refractivity (Wildman–Crippen MR) is 87.9 cm³/mol. The van der Waals surface area contributed by atoms with Crippen LogP contribution in [0.15, 0.2) is 47.3 Å². The molecule has 0 radical (unpaired) electrons. The van der Waals surface area contributed by atoms with E-state index < -0.39 is 0 Å². The second kappa shape index (κ2) is 7.21. The Bertz CT molecular complexity index is 686. The molecule has 1 aromatic heterocycles. The average Bonchev–Trinajstić information content (AvgIpc) is 3.15. The minimum absolute atomic E-state index is 0.0126. The minimum Gasteiger partial charge on any atom is -0.484 e. The number of carbonyl (C=O) groups is 2. The molecule has 1 saturated heterocycles. The zero-order chi connectivity index (χ0) is 16.9. The number of aryl methyl sites for hydroxylation is 1. The summed E-state index contributed by atoms with van der Waals surface area (Å²) in [5.41, 5.74) is 1.68. The van der Waals surface area contributed by atoms with Gasteiger partial charge < -0.3 is 19.0 Å². The summed E-state index contributed by atoms with van der Waals surface area (Å²) in [7, 11) is 0. The maximum Gasteiger partial charge on any atom is 0.260 e. The predicted octanol–water partition coefficient (Wildman–Crippen LogP) is 1.95. The van der Waals surface area contributed by atoms with Gasteiger partial charge in [0.1, 0.15) is 12.0 Å². The molecule has 0 aliphatic carbocycles. The van der Waals surface area contributed by atoms with Gasteiger partial charge in [0.2, 0.25) is 0 Å². The molecule has 0 N–H and O–H groups in total. The van der Waals surface area contributed by atoms with E-state index in [-0.39, 0.29) is 18.4 Å². The lowest BCUT2D eigenvalue weighted by Crippen LogP contribution is -2.51. The fraction of sp³-hybridized carbons (Fsp3) is 0.333. The Morgan fingerprint density at radius 1 is 1.04 bits per heavy atom. The van der Waals surface area contributed by atoms with Gasteiger partial charge in [-0.2, -0.15) is 0 Å². The van der Waals surface area contributed by atoms with Gasteiger partial charge in [-0.05, 0) is 25.1 Å². The van der Waals surface area contributed by atoms with E-state index in [1.165, 1.54) is 12.5 Å². The molecule has 24 heavy (non-hydrogen) atoms. The van der Waals surface area contributed by atoms with Crippen molar-refractivity contribution in [1.82, 2.24) is 9.80 Å². The molecule has 2 amide bonds. The van der Waals surface area contributed by atoms with Gasteiger partial charge in [-0.25, -0.2) is 0 Å². The summed E-state index contributed by atoms with van der Waals surface area (Å²) in [6, 6.07) is 9.24. The van der Waals surface area contributed by atoms with Gasteiger partial charge in [0.05, 0.1) is 11.8 Å². The number of ether oxygens (including phenoxy) is 1. The summed E-state index contributed by atoms with van der Waals surface area (Å²) in [5.74, 6) is 0.556. The molecule has 6 nitrogen and oxygen atoms in total. The van der Waals surface area contributed by atoms with E-state index in [0.29, 0.717) is 37.5 Å². The van der Waals surface area contributed by atoms with Crippen LogP contribution in [0.25, 0.3) is 0 Å². The Kier molecular flexibility index (Phi) is 4.84. The van der Waals surface area contributed by atoms with E-state index in [9.17, 15) is 9.59 Å². The second-order valence-electron chi connectivity index (χ2n) is 5.79. The molecular weight excluding hydrogens is 308 g/mol. The second-order valence-corrected chi connectivity index (χ2v) is 5.79. The van der Waals surface area contributed by atoms with E-state index in [2.05, 4.69) is 0 Å². The summed E-state index contributed by atoms with van der Waals surface area (Å²) in [4.78, 5) is 27.9. The maximum absolute atomic E-state index is 12.2. The van der Waals surface area contributed by atoms with Crippen LogP contribution in [-0.4, -0.2) is 54.4 Å². The largest absolute Gasteiger partial charge is 0.484 e. The number of nitrogens with zero attached hydrogens (tertiary/aromatic N) is 2. The van der Waals surface area contributed by atoms with E-state index in [4.69, 9.17) is 9.15 Å². The van der Waals surface area contributed by atoms with E-state index in [0.717, 1.165) is 5.56 Å². The van der Waals surface area contributed by atoms with Crippen molar-refractivity contribution < 1.29 is 18.7 Å². The summed E-state index contributed by atoms with van der Waals surface area (Å²) in [6.07, 6.45) is 2.92.